The first kappa shape index (κ1) is 21.3. The highest BCUT2D eigenvalue weighted by Gasteiger charge is 2.32. The first-order chi connectivity index (χ1) is 14.2. The Morgan fingerprint density at radius 3 is 2.77 bits per heavy atom. The second-order valence-corrected chi connectivity index (χ2v) is 7.27. The van der Waals surface area contributed by atoms with Crippen LogP contribution in [0.2, 0.25) is 0 Å². The Morgan fingerprint density at radius 2 is 2.17 bits per heavy atom. The largest absolute Gasteiger partial charge is 0.442 e. The molecule has 1 amide bonds. The van der Waals surface area contributed by atoms with Gasteiger partial charge in [-0.05, 0) is 25.1 Å². The molecule has 12 heteroatoms. The van der Waals surface area contributed by atoms with E-state index in [2.05, 4.69) is 15.3 Å². The number of thiocarbonyl (C=S) groups is 1. The molecule has 10 nitrogen and oxygen atoms in total. The van der Waals surface area contributed by atoms with Gasteiger partial charge in [0, 0.05) is 7.05 Å². The normalized spacial score (nSPS) is 15.6. The van der Waals surface area contributed by atoms with Gasteiger partial charge in [-0.15, -0.1) is 0 Å². The molecule has 1 unspecified atom stereocenters. The van der Waals surface area contributed by atoms with E-state index in [1.807, 2.05) is 0 Å². The number of hydrogen-bond acceptors (Lipinski definition) is 8. The lowest BCUT2D eigenvalue weighted by Gasteiger charge is -2.21. The number of rotatable bonds is 7. The molecule has 2 aromatic rings. The van der Waals surface area contributed by atoms with Crippen molar-refractivity contribution in [1.82, 2.24) is 15.3 Å². The summed E-state index contributed by atoms with van der Waals surface area (Å²) in [6.45, 7) is 2.54. The highest BCUT2D eigenvalue weighted by Crippen LogP contribution is 2.28. The first-order valence-electron chi connectivity index (χ1n) is 8.93. The molecule has 1 aliphatic heterocycles. The van der Waals surface area contributed by atoms with Gasteiger partial charge in [0.2, 0.25) is 0 Å². The second kappa shape index (κ2) is 8.95. The highest BCUT2D eigenvalue weighted by atomic mass is 32.1. The number of nitrogens with zero attached hydrogens (tertiary/aromatic N) is 5. The predicted octanol–water partition coefficient (Wildman–Crippen LogP) is 2.42. The zero-order chi connectivity index (χ0) is 21.8. The molecule has 0 aliphatic carbocycles. The van der Waals surface area contributed by atoms with Gasteiger partial charge in [0.1, 0.15) is 30.1 Å². The number of cyclic esters (lactones) is 1. The maximum Gasteiger partial charge on any atom is 0.414 e. The summed E-state index contributed by atoms with van der Waals surface area (Å²) in [4.78, 5) is 33.6. The fraction of sp³-hybridized carbons (Fsp3) is 0.333. The molecule has 1 N–H and O–H groups in total. The highest BCUT2D eigenvalue weighted by molar-refractivity contribution is 7.80. The van der Waals surface area contributed by atoms with Crippen LogP contribution in [-0.4, -0.2) is 52.2 Å². The third kappa shape index (κ3) is 4.95. The van der Waals surface area contributed by atoms with Crippen LogP contribution in [-0.2, 0) is 11.3 Å². The van der Waals surface area contributed by atoms with Crippen LogP contribution in [0.3, 0.4) is 0 Å². The van der Waals surface area contributed by atoms with Gasteiger partial charge in [-0.25, -0.2) is 19.2 Å². The molecule has 1 aromatic heterocycles. The molecule has 0 radical (unpaired) electrons. The van der Waals surface area contributed by atoms with Gasteiger partial charge in [-0.1, -0.05) is 12.2 Å². The summed E-state index contributed by atoms with van der Waals surface area (Å²) < 4.78 is 20.0. The van der Waals surface area contributed by atoms with Gasteiger partial charge in [0.05, 0.1) is 40.9 Å². The third-order valence-electron chi connectivity index (χ3n) is 4.39. The number of hydrogen-bond donors (Lipinski definition) is 1. The summed E-state index contributed by atoms with van der Waals surface area (Å²) in [5, 5.41) is 13.6. The minimum Gasteiger partial charge on any atom is -0.442 e. The molecule has 1 atom stereocenters. The Bertz CT molecular complexity index is 974. The van der Waals surface area contributed by atoms with Gasteiger partial charge < -0.3 is 15.0 Å². The van der Waals surface area contributed by atoms with Gasteiger partial charge in [-0.2, -0.15) is 0 Å². The zero-order valence-corrected chi connectivity index (χ0v) is 17.1. The van der Waals surface area contributed by atoms with Crippen molar-refractivity contribution in [1.29, 1.82) is 0 Å². The molecule has 1 aliphatic rings. The number of aromatic nitrogens is 2. The third-order valence-corrected chi connectivity index (χ3v) is 4.53. The molecular weight excluding hydrogens is 415 g/mol. The van der Waals surface area contributed by atoms with Crippen molar-refractivity contribution in [2.24, 2.45) is 0 Å². The minimum atomic E-state index is -0.591. The van der Waals surface area contributed by atoms with E-state index >= 15 is 0 Å². The Kier molecular flexibility index (Phi) is 6.35. The van der Waals surface area contributed by atoms with E-state index in [-0.39, 0.29) is 30.6 Å². The lowest BCUT2D eigenvalue weighted by atomic mass is 10.2. The van der Waals surface area contributed by atoms with Crippen molar-refractivity contribution in [2.75, 3.05) is 29.9 Å². The molecule has 3 rings (SSSR count). The average Bonchev–Trinajstić information content (AvgIpc) is 3.07. The summed E-state index contributed by atoms with van der Waals surface area (Å²) in [5.74, 6) is -0.236. The summed E-state index contributed by atoms with van der Waals surface area (Å²) in [5.41, 5.74) is 0.425. The summed E-state index contributed by atoms with van der Waals surface area (Å²) in [6, 6.07) is 4.41. The van der Waals surface area contributed by atoms with E-state index < -0.39 is 16.8 Å². The van der Waals surface area contributed by atoms with E-state index in [9.17, 15) is 19.3 Å². The average molecular weight is 434 g/mol. The maximum atomic E-state index is 14.7. The van der Waals surface area contributed by atoms with Crippen molar-refractivity contribution >= 4 is 40.4 Å². The van der Waals surface area contributed by atoms with Crippen molar-refractivity contribution in [3.8, 4) is 0 Å². The smallest absolute Gasteiger partial charge is 0.414 e. The summed E-state index contributed by atoms with van der Waals surface area (Å²) >= 11 is 4.94. The lowest BCUT2D eigenvalue weighted by molar-refractivity contribution is -0.385. The molecule has 0 spiro atoms. The SMILES string of the molecule is CC(=S)NCC1CN(c2ccc(N(C)Cc3ncc([N+](=O)[O-])cn3)c(F)c2)C(=O)O1. The number of amides is 1. The number of carbonyl (C=O) groups excluding carboxylic acids is 1. The number of carbonyl (C=O) groups is 1. The Hall–Kier alpha value is -3.41. The van der Waals surface area contributed by atoms with Crippen LogP contribution < -0.4 is 15.1 Å². The molecule has 30 heavy (non-hydrogen) atoms. The molecule has 158 valence electrons. The molecule has 2 heterocycles. The monoisotopic (exact) mass is 434 g/mol. The van der Waals surface area contributed by atoms with Crippen molar-refractivity contribution < 1.29 is 18.8 Å². The van der Waals surface area contributed by atoms with E-state index in [0.717, 1.165) is 12.4 Å². The number of nitro groups is 1. The number of anilines is 2. The van der Waals surface area contributed by atoms with Gasteiger partial charge in [-0.3, -0.25) is 15.0 Å². The van der Waals surface area contributed by atoms with E-state index in [1.165, 1.54) is 17.0 Å². The predicted molar refractivity (Wildman–Crippen MR) is 111 cm³/mol. The zero-order valence-electron chi connectivity index (χ0n) is 16.2. The van der Waals surface area contributed by atoms with Crippen molar-refractivity contribution in [3.05, 3.63) is 52.3 Å². The Balaban J connectivity index is 1.68. The summed E-state index contributed by atoms with van der Waals surface area (Å²) in [6.07, 6.45) is 1.26. The summed E-state index contributed by atoms with van der Waals surface area (Å²) in [7, 11) is 1.64. The fourth-order valence-electron chi connectivity index (χ4n) is 2.89. The van der Waals surface area contributed by atoms with Crippen LogP contribution in [0.25, 0.3) is 0 Å². The second-order valence-electron chi connectivity index (χ2n) is 6.66. The van der Waals surface area contributed by atoms with Crippen LogP contribution >= 0.6 is 12.2 Å². The van der Waals surface area contributed by atoms with Gasteiger partial charge in [0.25, 0.3) is 0 Å². The molecule has 0 bridgehead atoms. The van der Waals surface area contributed by atoms with Crippen LogP contribution in [0.4, 0.5) is 26.2 Å². The minimum absolute atomic E-state index is 0.144. The van der Waals surface area contributed by atoms with Crippen LogP contribution in [0.5, 0.6) is 0 Å². The molecule has 1 fully saturated rings. The number of halogens is 1. The lowest BCUT2D eigenvalue weighted by Crippen LogP contribution is -2.32. The number of benzene rings is 1. The van der Waals surface area contributed by atoms with E-state index in [1.54, 1.807) is 24.9 Å². The fourth-order valence-corrected chi connectivity index (χ4v) is 2.97. The molecule has 1 saturated heterocycles. The van der Waals surface area contributed by atoms with Gasteiger partial charge >= 0.3 is 11.8 Å². The van der Waals surface area contributed by atoms with Crippen LogP contribution in [0, 0.1) is 15.9 Å². The van der Waals surface area contributed by atoms with Crippen LogP contribution in [0.1, 0.15) is 12.7 Å². The number of nitrogens with one attached hydrogen (secondary N) is 1. The first-order valence-corrected chi connectivity index (χ1v) is 9.34. The Labute approximate surface area is 176 Å². The van der Waals surface area contributed by atoms with Crippen molar-refractivity contribution in [3.63, 3.8) is 0 Å². The molecular formula is C18H19FN6O4S. The number of ether oxygens (including phenoxy) is 1. The standard InChI is InChI=1S/C18H19FN6O4S/c1-11(30)20-8-14-9-24(18(26)29-14)12-3-4-16(15(19)5-12)23(2)10-17-21-6-13(7-22-17)25(27)28/h3-7,14H,8-10H2,1-2H3,(H,20,30). The van der Waals surface area contributed by atoms with Crippen LogP contribution in [0.15, 0.2) is 30.6 Å². The van der Waals surface area contributed by atoms with Crippen molar-refractivity contribution in [2.45, 2.75) is 19.6 Å². The topological polar surface area (TPSA) is 114 Å². The molecule has 1 aromatic carbocycles. The van der Waals surface area contributed by atoms with E-state index in [4.69, 9.17) is 17.0 Å². The Morgan fingerprint density at radius 1 is 1.47 bits per heavy atom. The van der Waals surface area contributed by atoms with E-state index in [0.29, 0.717) is 23.0 Å². The molecule has 0 saturated carbocycles. The maximum absolute atomic E-state index is 14.7. The quantitative estimate of drug-likeness (QED) is 0.399. The van der Waals surface area contributed by atoms with Gasteiger partial charge in [0.15, 0.2) is 0 Å².